The topological polar surface area (TPSA) is 50.4 Å². The largest absolute Gasteiger partial charge is 0.477 e. The van der Waals surface area contributed by atoms with Crippen molar-refractivity contribution in [1.29, 1.82) is 0 Å². The first-order valence-corrected chi connectivity index (χ1v) is 6.86. The molecule has 4 nitrogen and oxygen atoms in total. The van der Waals surface area contributed by atoms with Gasteiger partial charge in [0.1, 0.15) is 5.75 Å². The molecule has 0 spiro atoms. The average Bonchev–Trinajstić information content (AvgIpc) is 2.37. The monoisotopic (exact) mass is 262 g/mol. The lowest BCUT2D eigenvalue weighted by molar-refractivity contribution is -0.128. The SMILES string of the molecule is CC(C)CC(C)NC(=O)C1CNc2ccccc2O1. The van der Waals surface area contributed by atoms with E-state index in [0.717, 1.165) is 17.9 Å². The maximum atomic E-state index is 12.1. The summed E-state index contributed by atoms with van der Waals surface area (Å²) < 4.78 is 5.73. The summed E-state index contributed by atoms with van der Waals surface area (Å²) in [7, 11) is 0. The van der Waals surface area contributed by atoms with Crippen LogP contribution in [-0.4, -0.2) is 24.6 Å². The number of hydrogen-bond acceptors (Lipinski definition) is 3. The van der Waals surface area contributed by atoms with Gasteiger partial charge in [0.25, 0.3) is 5.91 Å². The highest BCUT2D eigenvalue weighted by Gasteiger charge is 2.26. The molecule has 1 aromatic rings. The van der Waals surface area contributed by atoms with Crippen molar-refractivity contribution in [2.75, 3.05) is 11.9 Å². The third kappa shape index (κ3) is 3.63. The Morgan fingerprint density at radius 1 is 1.42 bits per heavy atom. The van der Waals surface area contributed by atoms with Crippen LogP contribution in [0.5, 0.6) is 5.75 Å². The van der Waals surface area contributed by atoms with E-state index in [9.17, 15) is 4.79 Å². The number of para-hydroxylation sites is 2. The molecule has 2 N–H and O–H groups in total. The highest BCUT2D eigenvalue weighted by molar-refractivity contribution is 5.83. The molecule has 1 aromatic carbocycles. The Hall–Kier alpha value is -1.71. The third-order valence-corrected chi connectivity index (χ3v) is 3.14. The van der Waals surface area contributed by atoms with Gasteiger partial charge in [-0.1, -0.05) is 26.0 Å². The number of hydrogen-bond donors (Lipinski definition) is 2. The lowest BCUT2D eigenvalue weighted by atomic mass is 10.1. The number of amides is 1. The molecule has 0 aliphatic carbocycles. The smallest absolute Gasteiger partial charge is 0.263 e. The van der Waals surface area contributed by atoms with Gasteiger partial charge in [0, 0.05) is 6.04 Å². The number of benzene rings is 1. The fourth-order valence-electron chi connectivity index (χ4n) is 2.36. The second-order valence-corrected chi connectivity index (χ2v) is 5.52. The molecule has 0 aromatic heterocycles. The Bertz CT molecular complexity index is 446. The Balaban J connectivity index is 1.92. The summed E-state index contributed by atoms with van der Waals surface area (Å²) in [6.45, 7) is 6.84. The van der Waals surface area contributed by atoms with Gasteiger partial charge in [0.2, 0.25) is 0 Å². The molecular formula is C15H22N2O2. The van der Waals surface area contributed by atoms with Crippen molar-refractivity contribution in [2.24, 2.45) is 5.92 Å². The predicted molar refractivity (Wildman–Crippen MR) is 76.4 cm³/mol. The van der Waals surface area contributed by atoms with Gasteiger partial charge in [-0.15, -0.1) is 0 Å². The van der Waals surface area contributed by atoms with E-state index in [1.165, 1.54) is 0 Å². The zero-order valence-electron chi connectivity index (χ0n) is 11.8. The van der Waals surface area contributed by atoms with Crippen LogP contribution < -0.4 is 15.4 Å². The number of nitrogens with one attached hydrogen (secondary N) is 2. The molecule has 1 heterocycles. The quantitative estimate of drug-likeness (QED) is 0.876. The van der Waals surface area contributed by atoms with Gasteiger partial charge in [-0.05, 0) is 31.4 Å². The van der Waals surface area contributed by atoms with Crippen molar-refractivity contribution in [3.05, 3.63) is 24.3 Å². The second kappa shape index (κ2) is 5.95. The lowest BCUT2D eigenvalue weighted by Crippen LogP contribution is -2.47. The Labute approximate surface area is 114 Å². The van der Waals surface area contributed by atoms with Gasteiger partial charge < -0.3 is 15.4 Å². The van der Waals surface area contributed by atoms with Gasteiger partial charge >= 0.3 is 0 Å². The van der Waals surface area contributed by atoms with Crippen LogP contribution >= 0.6 is 0 Å². The molecule has 104 valence electrons. The Morgan fingerprint density at radius 3 is 2.89 bits per heavy atom. The van der Waals surface area contributed by atoms with Crippen LogP contribution in [0.2, 0.25) is 0 Å². The molecule has 2 atom stereocenters. The van der Waals surface area contributed by atoms with E-state index in [2.05, 4.69) is 24.5 Å². The molecule has 0 saturated carbocycles. The van der Waals surface area contributed by atoms with Crippen molar-refractivity contribution in [1.82, 2.24) is 5.32 Å². The molecule has 2 unspecified atom stereocenters. The molecule has 1 aliphatic heterocycles. The van der Waals surface area contributed by atoms with Crippen LogP contribution in [0.4, 0.5) is 5.69 Å². The van der Waals surface area contributed by atoms with E-state index < -0.39 is 6.10 Å². The summed E-state index contributed by atoms with van der Waals surface area (Å²) in [4.78, 5) is 12.1. The minimum atomic E-state index is -0.454. The number of ether oxygens (including phenoxy) is 1. The summed E-state index contributed by atoms with van der Waals surface area (Å²) in [6, 6.07) is 7.85. The maximum Gasteiger partial charge on any atom is 0.263 e. The fraction of sp³-hybridized carbons (Fsp3) is 0.533. The van der Waals surface area contributed by atoms with E-state index in [4.69, 9.17) is 4.74 Å². The number of rotatable bonds is 4. The first-order valence-electron chi connectivity index (χ1n) is 6.86. The van der Waals surface area contributed by atoms with Crippen LogP contribution in [0, 0.1) is 5.92 Å². The fourth-order valence-corrected chi connectivity index (χ4v) is 2.36. The molecule has 0 bridgehead atoms. The van der Waals surface area contributed by atoms with Gasteiger partial charge in [-0.2, -0.15) is 0 Å². The third-order valence-electron chi connectivity index (χ3n) is 3.14. The first-order chi connectivity index (χ1) is 9.06. The predicted octanol–water partition coefficient (Wildman–Crippen LogP) is 2.41. The van der Waals surface area contributed by atoms with Crippen molar-refractivity contribution >= 4 is 11.6 Å². The molecule has 2 rings (SSSR count). The van der Waals surface area contributed by atoms with Crippen molar-refractivity contribution in [3.63, 3.8) is 0 Å². The van der Waals surface area contributed by atoms with Crippen LogP contribution in [0.25, 0.3) is 0 Å². The van der Waals surface area contributed by atoms with Gasteiger partial charge in [-0.3, -0.25) is 4.79 Å². The van der Waals surface area contributed by atoms with E-state index in [-0.39, 0.29) is 11.9 Å². The van der Waals surface area contributed by atoms with Crippen LogP contribution in [0.15, 0.2) is 24.3 Å². The highest BCUT2D eigenvalue weighted by atomic mass is 16.5. The van der Waals surface area contributed by atoms with Gasteiger partial charge in [0.05, 0.1) is 12.2 Å². The van der Waals surface area contributed by atoms with E-state index >= 15 is 0 Å². The van der Waals surface area contributed by atoms with Gasteiger partial charge in [0.15, 0.2) is 6.10 Å². The van der Waals surface area contributed by atoms with Crippen LogP contribution in [0.1, 0.15) is 27.2 Å². The standard InChI is InChI=1S/C15H22N2O2/c1-10(2)8-11(3)17-15(18)14-9-16-12-6-4-5-7-13(12)19-14/h4-7,10-11,14,16H,8-9H2,1-3H3,(H,17,18). The molecule has 19 heavy (non-hydrogen) atoms. The van der Waals surface area contributed by atoms with Gasteiger partial charge in [-0.25, -0.2) is 0 Å². The summed E-state index contributed by atoms with van der Waals surface area (Å²) in [5.74, 6) is 1.27. The lowest BCUT2D eigenvalue weighted by Gasteiger charge is -2.27. The molecule has 0 saturated heterocycles. The van der Waals surface area contributed by atoms with Crippen LogP contribution in [-0.2, 0) is 4.79 Å². The second-order valence-electron chi connectivity index (χ2n) is 5.52. The molecule has 0 radical (unpaired) electrons. The number of fused-ring (bicyclic) bond motifs is 1. The number of carbonyl (C=O) groups is 1. The minimum absolute atomic E-state index is 0.0462. The summed E-state index contributed by atoms with van der Waals surface area (Å²) >= 11 is 0. The minimum Gasteiger partial charge on any atom is -0.477 e. The average molecular weight is 262 g/mol. The number of carbonyl (C=O) groups excluding carboxylic acids is 1. The van der Waals surface area contributed by atoms with E-state index in [1.807, 2.05) is 31.2 Å². The van der Waals surface area contributed by atoms with Crippen LogP contribution in [0.3, 0.4) is 0 Å². The highest BCUT2D eigenvalue weighted by Crippen LogP contribution is 2.28. The maximum absolute atomic E-state index is 12.1. The normalized spacial score (nSPS) is 19.1. The molecule has 1 amide bonds. The molecular weight excluding hydrogens is 240 g/mol. The summed E-state index contributed by atoms with van der Waals surface area (Å²) in [5, 5.41) is 6.23. The zero-order valence-corrected chi connectivity index (χ0v) is 11.8. The molecule has 4 heteroatoms. The molecule has 1 aliphatic rings. The summed E-state index contributed by atoms with van der Waals surface area (Å²) in [5.41, 5.74) is 0.946. The molecule has 0 fully saturated rings. The van der Waals surface area contributed by atoms with Crippen molar-refractivity contribution in [3.8, 4) is 5.75 Å². The number of anilines is 1. The Kier molecular flexibility index (Phi) is 4.30. The van der Waals surface area contributed by atoms with E-state index in [0.29, 0.717) is 12.5 Å². The first kappa shape index (κ1) is 13.7. The Morgan fingerprint density at radius 2 is 2.16 bits per heavy atom. The zero-order chi connectivity index (χ0) is 13.8. The van der Waals surface area contributed by atoms with Crippen molar-refractivity contribution < 1.29 is 9.53 Å². The summed E-state index contributed by atoms with van der Waals surface area (Å²) in [6.07, 6.45) is 0.521. The van der Waals surface area contributed by atoms with Crippen molar-refractivity contribution in [2.45, 2.75) is 39.3 Å². The van der Waals surface area contributed by atoms with E-state index in [1.54, 1.807) is 0 Å².